The van der Waals surface area contributed by atoms with Crippen LogP contribution in [0.25, 0.3) is 0 Å². The Balaban J connectivity index is 2.06. The van der Waals surface area contributed by atoms with Crippen molar-refractivity contribution in [3.05, 3.63) is 76.2 Å². The van der Waals surface area contributed by atoms with Crippen molar-refractivity contribution in [2.24, 2.45) is 0 Å². The highest BCUT2D eigenvalue weighted by Crippen LogP contribution is 2.23. The molecular weight excluding hydrogens is 300 g/mol. The third-order valence-corrected chi connectivity index (χ3v) is 3.29. The summed E-state index contributed by atoms with van der Waals surface area (Å²) in [5, 5.41) is 3.40. The number of rotatable bonds is 4. The van der Waals surface area contributed by atoms with Crippen molar-refractivity contribution in [1.82, 2.24) is 0 Å². The van der Waals surface area contributed by atoms with Crippen LogP contribution in [0.3, 0.4) is 0 Å². The molecule has 0 saturated heterocycles. The maximum atomic E-state index is 13.3. The number of anilines is 1. The monoisotopic (exact) mass is 309 g/mol. The van der Waals surface area contributed by atoms with E-state index in [1.54, 1.807) is 30.3 Å². The Morgan fingerprint density at radius 2 is 1.85 bits per heavy atom. The van der Waals surface area contributed by atoms with E-state index in [9.17, 15) is 9.18 Å². The van der Waals surface area contributed by atoms with Gasteiger partial charge in [0.25, 0.3) is 0 Å². The molecule has 0 saturated carbocycles. The Morgan fingerprint density at radius 1 is 1.10 bits per heavy atom. The lowest BCUT2D eigenvalue weighted by molar-refractivity contribution is 0.104. The summed E-state index contributed by atoms with van der Waals surface area (Å²) in [6.45, 7) is 0. The number of hydrogen-bond donors (Lipinski definition) is 1. The second-order valence-electron chi connectivity index (χ2n) is 3.95. The predicted octanol–water partition coefficient (Wildman–Crippen LogP) is 4.94. The Labute approximate surface area is 125 Å². The molecule has 0 unspecified atom stereocenters. The SMILES string of the molecule is O=C(C=CNc1ccccc1F)c1ccc(Cl)c(Cl)c1. The molecule has 102 valence electrons. The van der Waals surface area contributed by atoms with Gasteiger partial charge in [-0.15, -0.1) is 0 Å². The fourth-order valence-electron chi connectivity index (χ4n) is 1.53. The minimum absolute atomic E-state index is 0.257. The van der Waals surface area contributed by atoms with Crippen molar-refractivity contribution in [1.29, 1.82) is 0 Å². The third-order valence-electron chi connectivity index (χ3n) is 2.55. The van der Waals surface area contributed by atoms with Gasteiger partial charge in [-0.1, -0.05) is 35.3 Å². The van der Waals surface area contributed by atoms with Crippen LogP contribution in [-0.2, 0) is 0 Å². The van der Waals surface area contributed by atoms with Crippen LogP contribution in [0.5, 0.6) is 0 Å². The maximum absolute atomic E-state index is 13.3. The molecule has 2 aromatic rings. The molecule has 0 aliphatic heterocycles. The lowest BCUT2D eigenvalue weighted by atomic mass is 10.1. The maximum Gasteiger partial charge on any atom is 0.187 e. The van der Waals surface area contributed by atoms with Gasteiger partial charge in [0, 0.05) is 17.8 Å². The zero-order valence-electron chi connectivity index (χ0n) is 10.2. The molecule has 0 atom stereocenters. The molecule has 5 heteroatoms. The van der Waals surface area contributed by atoms with Crippen LogP contribution in [0.2, 0.25) is 10.0 Å². The van der Waals surface area contributed by atoms with E-state index in [-0.39, 0.29) is 11.6 Å². The highest BCUT2D eigenvalue weighted by atomic mass is 35.5. The van der Waals surface area contributed by atoms with Gasteiger partial charge in [-0.25, -0.2) is 4.39 Å². The molecule has 0 aromatic heterocycles. The lowest BCUT2D eigenvalue weighted by Crippen LogP contribution is -1.97. The standard InChI is InChI=1S/C15H10Cl2FNO/c16-11-6-5-10(9-12(11)17)15(20)7-8-19-14-4-2-1-3-13(14)18/h1-9,19H. The summed E-state index contributed by atoms with van der Waals surface area (Å²) in [6, 6.07) is 10.8. The minimum atomic E-state index is -0.390. The summed E-state index contributed by atoms with van der Waals surface area (Å²) in [6.07, 6.45) is 2.68. The molecule has 2 rings (SSSR count). The molecule has 0 bridgehead atoms. The third kappa shape index (κ3) is 3.59. The van der Waals surface area contributed by atoms with Crippen molar-refractivity contribution in [2.45, 2.75) is 0 Å². The normalized spacial score (nSPS) is 10.8. The van der Waals surface area contributed by atoms with Gasteiger partial charge in [0.15, 0.2) is 5.78 Å². The van der Waals surface area contributed by atoms with Crippen molar-refractivity contribution in [3.8, 4) is 0 Å². The highest BCUT2D eigenvalue weighted by Gasteiger charge is 2.05. The molecule has 1 N–H and O–H groups in total. The molecule has 2 nitrogen and oxygen atoms in total. The van der Waals surface area contributed by atoms with E-state index in [2.05, 4.69) is 5.32 Å². The lowest BCUT2D eigenvalue weighted by Gasteiger charge is -2.02. The van der Waals surface area contributed by atoms with E-state index >= 15 is 0 Å². The van der Waals surface area contributed by atoms with Gasteiger partial charge in [-0.2, -0.15) is 0 Å². The molecule has 0 spiro atoms. The molecule has 20 heavy (non-hydrogen) atoms. The second-order valence-corrected chi connectivity index (χ2v) is 4.77. The van der Waals surface area contributed by atoms with E-state index < -0.39 is 0 Å². The van der Waals surface area contributed by atoms with Crippen molar-refractivity contribution in [3.63, 3.8) is 0 Å². The number of benzene rings is 2. The zero-order chi connectivity index (χ0) is 14.5. The van der Waals surface area contributed by atoms with E-state index in [0.29, 0.717) is 21.3 Å². The van der Waals surface area contributed by atoms with Crippen molar-refractivity contribution < 1.29 is 9.18 Å². The molecule has 0 fully saturated rings. The van der Waals surface area contributed by atoms with E-state index in [0.717, 1.165) is 0 Å². The quantitative estimate of drug-likeness (QED) is 0.640. The van der Waals surface area contributed by atoms with E-state index in [4.69, 9.17) is 23.2 Å². The van der Waals surface area contributed by atoms with Crippen LogP contribution in [0.4, 0.5) is 10.1 Å². The summed E-state index contributed by atoms with van der Waals surface area (Å²) >= 11 is 11.6. The molecule has 0 amide bonds. The first-order chi connectivity index (χ1) is 9.58. The van der Waals surface area contributed by atoms with Crippen molar-refractivity contribution >= 4 is 34.7 Å². The Hall–Kier alpha value is -1.84. The fraction of sp³-hybridized carbons (Fsp3) is 0. The molecule has 0 aliphatic carbocycles. The summed E-state index contributed by atoms with van der Waals surface area (Å²) in [7, 11) is 0. The number of ketones is 1. The fourth-order valence-corrected chi connectivity index (χ4v) is 1.83. The molecule has 0 aliphatic rings. The van der Waals surface area contributed by atoms with Crippen LogP contribution in [0.1, 0.15) is 10.4 Å². The summed E-state index contributed by atoms with van der Waals surface area (Å²) in [4.78, 5) is 11.9. The number of carbonyl (C=O) groups excluding carboxylic acids is 1. The summed E-state index contributed by atoms with van der Waals surface area (Å²) in [5.74, 6) is -0.647. The van der Waals surface area contributed by atoms with E-state index in [1.807, 2.05) is 0 Å². The average Bonchev–Trinajstić information content (AvgIpc) is 2.44. The highest BCUT2D eigenvalue weighted by molar-refractivity contribution is 6.42. The Kier molecular flexibility index (Phi) is 4.77. The first-order valence-electron chi connectivity index (χ1n) is 5.75. The number of nitrogens with one attached hydrogen (secondary N) is 1. The predicted molar refractivity (Wildman–Crippen MR) is 80.0 cm³/mol. The Bertz CT molecular complexity index is 671. The van der Waals surface area contributed by atoms with Gasteiger partial charge in [0.2, 0.25) is 0 Å². The van der Waals surface area contributed by atoms with Crippen LogP contribution in [0, 0.1) is 5.82 Å². The summed E-state index contributed by atoms with van der Waals surface area (Å²) in [5.41, 5.74) is 0.705. The number of halogens is 3. The topological polar surface area (TPSA) is 29.1 Å². The van der Waals surface area contributed by atoms with Gasteiger partial charge in [-0.05, 0) is 30.3 Å². The average molecular weight is 310 g/mol. The first kappa shape index (κ1) is 14.6. The van der Waals surface area contributed by atoms with Gasteiger partial charge in [-0.3, -0.25) is 4.79 Å². The van der Waals surface area contributed by atoms with Gasteiger partial charge < -0.3 is 5.32 Å². The van der Waals surface area contributed by atoms with Gasteiger partial charge in [0.05, 0.1) is 15.7 Å². The smallest absolute Gasteiger partial charge is 0.187 e. The molecule has 0 heterocycles. The molecule has 0 radical (unpaired) electrons. The Morgan fingerprint density at radius 3 is 2.55 bits per heavy atom. The van der Waals surface area contributed by atoms with E-state index in [1.165, 1.54) is 24.4 Å². The van der Waals surface area contributed by atoms with Gasteiger partial charge >= 0.3 is 0 Å². The van der Waals surface area contributed by atoms with Crippen LogP contribution >= 0.6 is 23.2 Å². The number of hydrogen-bond acceptors (Lipinski definition) is 2. The summed E-state index contributed by atoms with van der Waals surface area (Å²) < 4.78 is 13.3. The number of allylic oxidation sites excluding steroid dienone is 1. The van der Waals surface area contributed by atoms with Crippen molar-refractivity contribution in [2.75, 3.05) is 5.32 Å². The minimum Gasteiger partial charge on any atom is -0.359 e. The second kappa shape index (κ2) is 6.55. The number of carbonyl (C=O) groups is 1. The van der Waals surface area contributed by atoms with Gasteiger partial charge in [0.1, 0.15) is 5.82 Å². The first-order valence-corrected chi connectivity index (χ1v) is 6.50. The van der Waals surface area contributed by atoms with Crippen LogP contribution in [0.15, 0.2) is 54.7 Å². The zero-order valence-corrected chi connectivity index (χ0v) is 11.8. The largest absolute Gasteiger partial charge is 0.359 e. The molecular formula is C15H10Cl2FNO. The van der Waals surface area contributed by atoms with Crippen LogP contribution < -0.4 is 5.32 Å². The number of para-hydroxylation sites is 1. The molecule has 2 aromatic carbocycles. The van der Waals surface area contributed by atoms with Crippen LogP contribution in [-0.4, -0.2) is 5.78 Å².